The van der Waals surface area contributed by atoms with Crippen LogP contribution in [0.25, 0.3) is 33.3 Å². The van der Waals surface area contributed by atoms with Gasteiger partial charge in [-0.1, -0.05) is 12.1 Å². The van der Waals surface area contributed by atoms with E-state index in [-0.39, 0.29) is 22.7 Å². The Labute approximate surface area is 173 Å². The van der Waals surface area contributed by atoms with E-state index in [1.165, 1.54) is 12.7 Å². The predicted octanol–water partition coefficient (Wildman–Crippen LogP) is 4.07. The number of aromatic nitrogens is 4. The Kier molecular flexibility index (Phi) is 4.25. The van der Waals surface area contributed by atoms with E-state index in [9.17, 15) is 13.6 Å². The van der Waals surface area contributed by atoms with Gasteiger partial charge in [0.25, 0.3) is 0 Å². The summed E-state index contributed by atoms with van der Waals surface area (Å²) < 4.78 is 35.8. The number of nitrogens with two attached hydrogens (primary N) is 1. The third-order valence-electron chi connectivity index (χ3n) is 5.16. The summed E-state index contributed by atoms with van der Waals surface area (Å²) in [6.07, 6.45) is 2.81. The molecule has 0 aliphatic heterocycles. The summed E-state index contributed by atoms with van der Waals surface area (Å²) in [5.74, 6) is -1.17. The van der Waals surface area contributed by atoms with Gasteiger partial charge in [-0.3, -0.25) is 4.79 Å². The highest BCUT2D eigenvalue weighted by atomic mass is 19.1. The van der Waals surface area contributed by atoms with E-state index in [1.54, 1.807) is 35.8 Å². The number of imidazole rings is 1. The minimum absolute atomic E-state index is 0.0634. The van der Waals surface area contributed by atoms with E-state index in [0.717, 1.165) is 18.2 Å². The smallest absolute Gasteiger partial charge is 0.200 e. The lowest BCUT2D eigenvalue weighted by Gasteiger charge is -2.18. The molecule has 154 valence electrons. The molecule has 3 aromatic heterocycles. The first-order valence-corrected chi connectivity index (χ1v) is 9.39. The summed E-state index contributed by atoms with van der Waals surface area (Å²) in [6.45, 7) is 1.77. The molecule has 0 fully saturated rings. The lowest BCUT2D eigenvalue weighted by Crippen LogP contribution is -2.15. The Morgan fingerprint density at radius 2 is 1.81 bits per heavy atom. The summed E-state index contributed by atoms with van der Waals surface area (Å²) in [4.78, 5) is 25.8. The van der Waals surface area contributed by atoms with Gasteiger partial charge in [-0.15, -0.1) is 0 Å². The number of anilines is 1. The molecule has 0 radical (unpaired) electrons. The molecule has 0 amide bonds. The number of nitrogen functional groups attached to an aromatic ring is 1. The van der Waals surface area contributed by atoms with Gasteiger partial charge < -0.3 is 14.7 Å². The quantitative estimate of drug-likeness (QED) is 0.473. The molecule has 1 atom stereocenters. The average molecular weight is 419 g/mol. The molecule has 5 aromatic rings. The van der Waals surface area contributed by atoms with Crippen LogP contribution < -0.4 is 11.2 Å². The largest absolute Gasteiger partial charge is 0.458 e. The van der Waals surface area contributed by atoms with E-state index in [2.05, 4.69) is 15.0 Å². The SMILES string of the molecule is CC(c1oc2ccccc2c(=O)c1-c1cc(F)cc(F)c1)n1cnc2c(N)ncnc21. The van der Waals surface area contributed by atoms with E-state index < -0.39 is 23.1 Å². The maximum Gasteiger partial charge on any atom is 0.200 e. The molecular formula is C22H15F2N5O2. The molecule has 0 spiro atoms. The number of rotatable bonds is 3. The Balaban J connectivity index is 1.83. The Hall–Kier alpha value is -4.14. The summed E-state index contributed by atoms with van der Waals surface area (Å²) >= 11 is 0. The second-order valence-electron chi connectivity index (χ2n) is 7.08. The molecule has 9 heteroatoms. The van der Waals surface area contributed by atoms with Crippen LogP contribution in [0.4, 0.5) is 14.6 Å². The minimum atomic E-state index is -0.797. The highest BCUT2D eigenvalue weighted by molar-refractivity contribution is 5.84. The van der Waals surface area contributed by atoms with Crippen molar-refractivity contribution in [2.75, 3.05) is 5.73 Å². The van der Waals surface area contributed by atoms with Crippen molar-refractivity contribution in [2.24, 2.45) is 0 Å². The normalized spacial score (nSPS) is 12.5. The highest BCUT2D eigenvalue weighted by Gasteiger charge is 2.24. The van der Waals surface area contributed by atoms with Crippen LogP contribution in [-0.4, -0.2) is 19.5 Å². The van der Waals surface area contributed by atoms with Crippen molar-refractivity contribution >= 4 is 28.0 Å². The first-order chi connectivity index (χ1) is 14.9. The number of nitrogens with zero attached hydrogens (tertiary/aromatic N) is 4. The van der Waals surface area contributed by atoms with E-state index in [0.29, 0.717) is 22.1 Å². The molecule has 0 aliphatic carbocycles. The Bertz CT molecular complexity index is 1510. The van der Waals surface area contributed by atoms with Gasteiger partial charge in [0.05, 0.1) is 23.3 Å². The third-order valence-corrected chi connectivity index (χ3v) is 5.16. The second kappa shape index (κ2) is 6.98. The number of hydrogen-bond donors (Lipinski definition) is 1. The molecule has 1 unspecified atom stereocenters. The number of benzene rings is 2. The fourth-order valence-electron chi connectivity index (χ4n) is 3.70. The van der Waals surface area contributed by atoms with E-state index in [1.807, 2.05) is 0 Å². The van der Waals surface area contributed by atoms with Gasteiger partial charge in [0.15, 0.2) is 11.5 Å². The molecule has 0 bridgehead atoms. The highest BCUT2D eigenvalue weighted by Crippen LogP contribution is 2.33. The van der Waals surface area contributed by atoms with Gasteiger partial charge in [0, 0.05) is 6.07 Å². The zero-order chi connectivity index (χ0) is 21.7. The standard InChI is InChI=1S/C22H15F2N5O2/c1-11(29-10-28-18-21(25)26-9-27-22(18)29)20-17(12-6-13(23)8-14(24)7-12)19(30)15-4-2-3-5-16(15)31-20/h2-11H,1H3,(H2,25,26,27). The van der Waals surface area contributed by atoms with Crippen molar-refractivity contribution in [2.45, 2.75) is 13.0 Å². The van der Waals surface area contributed by atoms with Crippen molar-refractivity contribution < 1.29 is 13.2 Å². The maximum absolute atomic E-state index is 14.0. The fourth-order valence-corrected chi connectivity index (χ4v) is 3.70. The van der Waals surface area contributed by atoms with E-state index >= 15 is 0 Å². The molecule has 2 aromatic carbocycles. The minimum Gasteiger partial charge on any atom is -0.458 e. The van der Waals surface area contributed by atoms with Gasteiger partial charge in [0.1, 0.15) is 34.8 Å². The molecular weight excluding hydrogens is 404 g/mol. The van der Waals surface area contributed by atoms with Crippen LogP contribution in [-0.2, 0) is 0 Å². The van der Waals surface area contributed by atoms with Gasteiger partial charge in [-0.05, 0) is 36.8 Å². The lowest BCUT2D eigenvalue weighted by molar-refractivity contribution is 0.467. The maximum atomic E-state index is 14.0. The average Bonchev–Trinajstić information content (AvgIpc) is 3.18. The number of hydrogen-bond acceptors (Lipinski definition) is 6. The van der Waals surface area contributed by atoms with Crippen LogP contribution >= 0.6 is 0 Å². The van der Waals surface area contributed by atoms with Crippen molar-refractivity contribution in [1.29, 1.82) is 0 Å². The summed E-state index contributed by atoms with van der Waals surface area (Å²) in [7, 11) is 0. The Morgan fingerprint density at radius 1 is 1.06 bits per heavy atom. The van der Waals surface area contributed by atoms with Gasteiger partial charge in [-0.25, -0.2) is 23.7 Å². The van der Waals surface area contributed by atoms with Crippen molar-refractivity contribution in [3.63, 3.8) is 0 Å². The number of halogens is 2. The van der Waals surface area contributed by atoms with Crippen molar-refractivity contribution in [1.82, 2.24) is 19.5 Å². The monoisotopic (exact) mass is 419 g/mol. The van der Waals surface area contributed by atoms with Gasteiger partial charge >= 0.3 is 0 Å². The molecule has 3 heterocycles. The van der Waals surface area contributed by atoms with Crippen molar-refractivity contribution in [3.8, 4) is 11.1 Å². The van der Waals surface area contributed by atoms with Crippen LogP contribution in [0.2, 0.25) is 0 Å². The first-order valence-electron chi connectivity index (χ1n) is 9.39. The molecule has 0 saturated heterocycles. The van der Waals surface area contributed by atoms with Crippen molar-refractivity contribution in [3.05, 3.63) is 82.7 Å². The fraction of sp³-hybridized carbons (Fsp3) is 0.0909. The number of para-hydroxylation sites is 1. The van der Waals surface area contributed by atoms with Crippen LogP contribution in [0, 0.1) is 11.6 Å². The predicted molar refractivity (Wildman–Crippen MR) is 111 cm³/mol. The number of fused-ring (bicyclic) bond motifs is 2. The third kappa shape index (κ3) is 3.02. The van der Waals surface area contributed by atoms with Crippen LogP contribution in [0.1, 0.15) is 18.7 Å². The second-order valence-corrected chi connectivity index (χ2v) is 7.08. The van der Waals surface area contributed by atoms with E-state index in [4.69, 9.17) is 10.2 Å². The summed E-state index contributed by atoms with van der Waals surface area (Å²) in [6, 6.07) is 9.06. The van der Waals surface area contributed by atoms with Crippen LogP contribution in [0.3, 0.4) is 0 Å². The first kappa shape index (κ1) is 18.9. The molecule has 7 nitrogen and oxygen atoms in total. The summed E-state index contributed by atoms with van der Waals surface area (Å²) in [5, 5.41) is 0.306. The zero-order valence-electron chi connectivity index (χ0n) is 16.2. The molecule has 0 saturated carbocycles. The summed E-state index contributed by atoms with van der Waals surface area (Å²) in [5.41, 5.74) is 6.82. The zero-order valence-corrected chi connectivity index (χ0v) is 16.2. The Morgan fingerprint density at radius 3 is 2.58 bits per heavy atom. The topological polar surface area (TPSA) is 99.8 Å². The van der Waals surface area contributed by atoms with Gasteiger partial charge in [0.2, 0.25) is 5.43 Å². The van der Waals surface area contributed by atoms with Crippen LogP contribution in [0.15, 0.2) is 64.3 Å². The van der Waals surface area contributed by atoms with Crippen LogP contribution in [0.5, 0.6) is 0 Å². The molecule has 5 rings (SSSR count). The molecule has 31 heavy (non-hydrogen) atoms. The molecule has 0 aliphatic rings. The molecule has 2 N–H and O–H groups in total. The van der Waals surface area contributed by atoms with Gasteiger partial charge in [-0.2, -0.15) is 0 Å². The lowest BCUT2D eigenvalue weighted by atomic mass is 9.98.